The van der Waals surface area contributed by atoms with Gasteiger partial charge >= 0.3 is 0 Å². The fraction of sp³-hybridized carbons (Fsp3) is 0.472. The molecular formula is C53H75NO2P2Si2. The molecule has 0 bridgehead atoms. The van der Waals surface area contributed by atoms with Crippen molar-refractivity contribution in [1.82, 2.24) is 4.86 Å². The average Bonchev–Trinajstić information content (AvgIpc) is 3.99. The van der Waals surface area contributed by atoms with Crippen LogP contribution in [0.5, 0.6) is 0 Å². The van der Waals surface area contributed by atoms with E-state index in [2.05, 4.69) is 143 Å². The minimum Gasteiger partial charge on any atom is -0.464 e. The van der Waals surface area contributed by atoms with Gasteiger partial charge in [-0.2, -0.15) is 0 Å². The molecule has 0 amide bonds. The third-order valence-electron chi connectivity index (χ3n) is 13.5. The summed E-state index contributed by atoms with van der Waals surface area (Å²) >= 11 is 0. The minimum atomic E-state index is -1.62. The van der Waals surface area contributed by atoms with Crippen LogP contribution in [0.1, 0.15) is 135 Å². The molecule has 2 heterocycles. The first-order chi connectivity index (χ1) is 29.5. The minimum absolute atomic E-state index is 0.0626. The molecule has 1 atom stereocenters. The molecule has 3 nitrogen and oxygen atoms in total. The van der Waals surface area contributed by atoms with Crippen LogP contribution in [0.15, 0.2) is 118 Å². The zero-order valence-corrected chi connectivity index (χ0v) is 41.9. The van der Waals surface area contributed by atoms with Crippen molar-refractivity contribution in [3.8, 4) is 0 Å². The van der Waals surface area contributed by atoms with Crippen LogP contribution in [-0.4, -0.2) is 16.1 Å². The van der Waals surface area contributed by atoms with Gasteiger partial charge in [-0.3, -0.25) is 4.86 Å². The van der Waals surface area contributed by atoms with E-state index in [1.54, 1.807) is 10.4 Å². The van der Waals surface area contributed by atoms with Gasteiger partial charge in [-0.1, -0.05) is 250 Å². The van der Waals surface area contributed by atoms with Crippen molar-refractivity contribution in [2.75, 3.05) is 0 Å². The Kier molecular flexibility index (Phi) is 18.4. The van der Waals surface area contributed by atoms with Gasteiger partial charge in [0.2, 0.25) is 0 Å². The van der Waals surface area contributed by atoms with E-state index in [4.69, 9.17) is 8.83 Å². The standard InChI is InChI=1S/C53H75NO2P2Si2/c1-7-13-37-59(38-14-8-2,39-15-9-3)47-29-25-45(26-30-47)58(46-27-31-48(32-28-46)60(40-16-10-4,41-17-11-5)42-18-12-6)54-57-53(49-23-19-21-43-33-35-55-51(43)49)50-24-20-22-44-34-36-56-52(44)50/h19-36,53-54,57H,7-18,37-42H2,1-6H3. The summed E-state index contributed by atoms with van der Waals surface area (Å²) in [5.41, 5.74) is 4.43. The number of unbranched alkanes of at least 4 members (excludes halogenated alkanes) is 6. The van der Waals surface area contributed by atoms with Crippen LogP contribution in [0.25, 0.3) is 21.9 Å². The SMILES string of the molecule is CCCC[Si](CCCC)(CCCC)c1ccc(P(NPC(c2cccc3ccoc23)c2cccc3ccoc23)c2ccc([Si](CCCC)(CCCC)CCCC)cc2)cc1. The van der Waals surface area contributed by atoms with Crippen molar-refractivity contribution >= 4 is 75.9 Å². The average molecular weight is 876 g/mol. The Morgan fingerprint density at radius 2 is 0.817 bits per heavy atom. The highest BCUT2D eigenvalue weighted by atomic mass is 31.2. The van der Waals surface area contributed by atoms with Crippen LogP contribution in [0.4, 0.5) is 0 Å². The molecule has 0 saturated carbocycles. The van der Waals surface area contributed by atoms with Gasteiger partial charge in [0.05, 0.1) is 28.7 Å². The molecule has 7 heteroatoms. The van der Waals surface area contributed by atoms with Gasteiger partial charge in [-0.05, 0) is 31.5 Å². The van der Waals surface area contributed by atoms with E-state index in [0.29, 0.717) is 8.73 Å². The summed E-state index contributed by atoms with van der Waals surface area (Å²) in [6.07, 6.45) is 19.5. The third kappa shape index (κ3) is 11.2. The Labute approximate surface area is 369 Å². The monoisotopic (exact) mass is 875 g/mol. The zero-order valence-electron chi connectivity index (χ0n) is 38.0. The normalized spacial score (nSPS) is 12.7. The summed E-state index contributed by atoms with van der Waals surface area (Å²) in [6.45, 7) is 14.3. The molecule has 1 N–H and O–H groups in total. The Hall–Kier alpha value is -2.79. The highest BCUT2D eigenvalue weighted by Crippen LogP contribution is 2.48. The second-order valence-electron chi connectivity index (χ2n) is 17.7. The molecule has 60 heavy (non-hydrogen) atoms. The van der Waals surface area contributed by atoms with Crippen molar-refractivity contribution in [2.45, 2.75) is 161 Å². The molecule has 0 aliphatic rings. The van der Waals surface area contributed by atoms with Crippen LogP contribution in [0.2, 0.25) is 36.3 Å². The van der Waals surface area contributed by atoms with Gasteiger partial charge in [0.1, 0.15) is 11.2 Å². The lowest BCUT2D eigenvalue weighted by Crippen LogP contribution is -2.48. The third-order valence-corrected chi connectivity index (χ3v) is 28.4. The number of para-hydroxylation sites is 2. The van der Waals surface area contributed by atoms with Crippen molar-refractivity contribution in [1.29, 1.82) is 0 Å². The van der Waals surface area contributed by atoms with Gasteiger partial charge in [-0.25, -0.2) is 0 Å². The molecule has 4 aromatic carbocycles. The molecular weight excluding hydrogens is 801 g/mol. The van der Waals surface area contributed by atoms with Crippen LogP contribution in [-0.2, 0) is 0 Å². The van der Waals surface area contributed by atoms with Crippen LogP contribution >= 0.6 is 16.8 Å². The maximum absolute atomic E-state index is 6.24. The number of hydrogen-bond acceptors (Lipinski definition) is 3. The summed E-state index contributed by atoms with van der Waals surface area (Å²) in [5.74, 6) is 0. The molecule has 0 aliphatic heterocycles. The molecule has 6 rings (SSSR count). The number of nitrogens with one attached hydrogen (secondary N) is 1. The largest absolute Gasteiger partial charge is 0.464 e. The summed E-state index contributed by atoms with van der Waals surface area (Å²) in [5, 5.41) is 8.53. The highest BCUT2D eigenvalue weighted by molar-refractivity contribution is 7.76. The number of benzene rings is 4. The van der Waals surface area contributed by atoms with E-state index in [-0.39, 0.29) is 5.66 Å². The Morgan fingerprint density at radius 3 is 1.15 bits per heavy atom. The van der Waals surface area contributed by atoms with Gasteiger partial charge in [-0.15, -0.1) is 0 Å². The summed E-state index contributed by atoms with van der Waals surface area (Å²) in [7, 11) is -3.70. The molecule has 0 radical (unpaired) electrons. The molecule has 6 aromatic rings. The molecule has 0 fully saturated rings. The molecule has 1 unspecified atom stereocenters. The Balaban J connectivity index is 1.44. The number of furan rings is 2. The quantitative estimate of drug-likeness (QED) is 0.0414. The van der Waals surface area contributed by atoms with Crippen molar-refractivity contribution in [2.24, 2.45) is 0 Å². The zero-order chi connectivity index (χ0) is 42.2. The Bertz CT molecular complexity index is 1950. The van der Waals surface area contributed by atoms with E-state index in [9.17, 15) is 0 Å². The van der Waals surface area contributed by atoms with Crippen LogP contribution in [0.3, 0.4) is 0 Å². The predicted molar refractivity (Wildman–Crippen MR) is 274 cm³/mol. The van der Waals surface area contributed by atoms with Gasteiger partial charge < -0.3 is 8.83 Å². The number of rotatable bonds is 27. The lowest BCUT2D eigenvalue weighted by atomic mass is 10.0. The summed E-state index contributed by atoms with van der Waals surface area (Å²) in [4.78, 5) is 4.32. The second kappa shape index (κ2) is 23.6. The van der Waals surface area contributed by atoms with Crippen molar-refractivity contribution in [3.05, 3.63) is 121 Å². The second-order valence-corrected chi connectivity index (χ2v) is 30.4. The fourth-order valence-electron chi connectivity index (χ4n) is 9.85. The lowest BCUT2D eigenvalue weighted by molar-refractivity contribution is 0.607. The van der Waals surface area contributed by atoms with E-state index < -0.39 is 24.2 Å². The lowest BCUT2D eigenvalue weighted by Gasteiger charge is -2.34. The van der Waals surface area contributed by atoms with Gasteiger partial charge in [0, 0.05) is 35.6 Å². The van der Waals surface area contributed by atoms with Gasteiger partial charge in [0.25, 0.3) is 0 Å². The van der Waals surface area contributed by atoms with Gasteiger partial charge in [0.15, 0.2) is 0 Å². The Morgan fingerprint density at radius 1 is 0.467 bits per heavy atom. The predicted octanol–water partition coefficient (Wildman–Crippen LogP) is 15.6. The van der Waals surface area contributed by atoms with E-state index in [0.717, 1.165) is 21.9 Å². The highest BCUT2D eigenvalue weighted by Gasteiger charge is 2.35. The van der Waals surface area contributed by atoms with E-state index >= 15 is 0 Å². The van der Waals surface area contributed by atoms with Crippen molar-refractivity contribution in [3.63, 3.8) is 0 Å². The van der Waals surface area contributed by atoms with E-state index in [1.807, 2.05) is 12.5 Å². The first-order valence-electron chi connectivity index (χ1n) is 23.9. The number of fused-ring (bicyclic) bond motifs is 2. The molecule has 0 saturated heterocycles. The molecule has 322 valence electrons. The smallest absolute Gasteiger partial charge is 0.138 e. The molecule has 2 aromatic heterocycles. The molecule has 0 spiro atoms. The first kappa shape index (κ1) is 46.7. The fourth-order valence-corrected chi connectivity index (χ4v) is 25.0. The van der Waals surface area contributed by atoms with Crippen molar-refractivity contribution < 1.29 is 8.83 Å². The number of hydrogen-bond donors (Lipinski definition) is 1. The van der Waals surface area contributed by atoms with E-state index in [1.165, 1.54) is 135 Å². The maximum Gasteiger partial charge on any atom is 0.138 e. The summed E-state index contributed by atoms with van der Waals surface area (Å²) in [6, 6.07) is 46.5. The van der Waals surface area contributed by atoms with Crippen LogP contribution < -0.4 is 25.8 Å². The maximum atomic E-state index is 6.24. The first-order valence-corrected chi connectivity index (χ1v) is 31.6. The topological polar surface area (TPSA) is 38.3 Å². The molecule has 0 aliphatic carbocycles. The summed E-state index contributed by atoms with van der Waals surface area (Å²) < 4.78 is 12.5. The van der Waals surface area contributed by atoms with Crippen LogP contribution in [0, 0.1) is 0 Å².